The molecular formula is C11H9BrF3N3O. The molecule has 0 aromatic carbocycles. The predicted molar refractivity (Wildman–Crippen MR) is 66.6 cm³/mol. The molecule has 0 saturated heterocycles. The molecule has 0 unspecified atom stereocenters. The number of hydrogen-bond acceptors (Lipinski definition) is 4. The fourth-order valence-electron chi connectivity index (χ4n) is 1.42. The highest BCUT2D eigenvalue weighted by Crippen LogP contribution is 2.33. The monoisotopic (exact) mass is 335 g/mol. The normalized spacial score (nSPS) is 11.6. The summed E-state index contributed by atoms with van der Waals surface area (Å²) in [6.07, 6.45) is -3.18. The van der Waals surface area contributed by atoms with Crippen LogP contribution in [-0.2, 0) is 6.18 Å². The molecule has 0 amide bonds. The van der Waals surface area contributed by atoms with Crippen LogP contribution in [0.4, 0.5) is 19.1 Å². The number of nitrogens with zero attached hydrogens (tertiary/aromatic N) is 2. The Morgan fingerprint density at radius 3 is 2.63 bits per heavy atom. The van der Waals surface area contributed by atoms with E-state index in [4.69, 9.17) is 4.42 Å². The van der Waals surface area contributed by atoms with Crippen molar-refractivity contribution >= 4 is 21.9 Å². The molecule has 1 N–H and O–H groups in total. The van der Waals surface area contributed by atoms with Crippen LogP contribution in [0.2, 0.25) is 0 Å². The van der Waals surface area contributed by atoms with E-state index < -0.39 is 11.9 Å². The molecule has 0 atom stereocenters. The van der Waals surface area contributed by atoms with Gasteiger partial charge in [0.25, 0.3) is 0 Å². The minimum absolute atomic E-state index is 0.0650. The van der Waals surface area contributed by atoms with Gasteiger partial charge in [0.05, 0.1) is 10.7 Å². The van der Waals surface area contributed by atoms with Crippen molar-refractivity contribution in [3.63, 3.8) is 0 Å². The molecule has 19 heavy (non-hydrogen) atoms. The van der Waals surface area contributed by atoms with Gasteiger partial charge in [-0.05, 0) is 35.0 Å². The third-order valence-electron chi connectivity index (χ3n) is 2.20. The number of alkyl halides is 3. The Morgan fingerprint density at radius 2 is 2.11 bits per heavy atom. The van der Waals surface area contributed by atoms with Gasteiger partial charge in [-0.25, -0.2) is 9.97 Å². The van der Waals surface area contributed by atoms with Crippen molar-refractivity contribution in [2.45, 2.75) is 13.1 Å². The van der Waals surface area contributed by atoms with Crippen LogP contribution in [0, 0.1) is 0 Å². The van der Waals surface area contributed by atoms with Gasteiger partial charge < -0.3 is 9.73 Å². The number of hydrogen-bond donors (Lipinski definition) is 1. The number of aromatic nitrogens is 2. The third-order valence-corrected chi connectivity index (χ3v) is 2.83. The van der Waals surface area contributed by atoms with Crippen LogP contribution in [0.3, 0.4) is 0 Å². The van der Waals surface area contributed by atoms with E-state index in [0.717, 1.165) is 6.07 Å². The molecule has 0 fully saturated rings. The third kappa shape index (κ3) is 3.06. The second-order valence-electron chi connectivity index (χ2n) is 3.59. The number of halogens is 4. The molecule has 0 aliphatic carbocycles. The molecular weight excluding hydrogens is 327 g/mol. The van der Waals surface area contributed by atoms with Crippen molar-refractivity contribution in [3.05, 3.63) is 28.6 Å². The summed E-state index contributed by atoms with van der Waals surface area (Å²) in [4.78, 5) is 7.42. The van der Waals surface area contributed by atoms with Gasteiger partial charge in [-0.2, -0.15) is 13.2 Å². The van der Waals surface area contributed by atoms with E-state index in [-0.39, 0.29) is 17.4 Å². The van der Waals surface area contributed by atoms with Gasteiger partial charge in [-0.1, -0.05) is 0 Å². The maximum Gasteiger partial charge on any atom is 0.433 e. The molecule has 0 saturated carbocycles. The Balaban J connectivity index is 2.55. The Kier molecular flexibility index (Phi) is 3.79. The van der Waals surface area contributed by atoms with E-state index in [9.17, 15) is 13.2 Å². The first-order valence-corrected chi connectivity index (χ1v) is 6.14. The van der Waals surface area contributed by atoms with E-state index >= 15 is 0 Å². The quantitative estimate of drug-likeness (QED) is 0.922. The lowest BCUT2D eigenvalue weighted by atomic mass is 10.2. The maximum atomic E-state index is 12.8. The Bertz CT molecular complexity index is 583. The molecule has 4 nitrogen and oxygen atoms in total. The SMILES string of the molecule is CCNc1nc(-c2occc2Br)cc(C(F)(F)F)n1. The predicted octanol–water partition coefficient (Wildman–Crippen LogP) is 3.95. The number of rotatable bonds is 3. The molecule has 2 heterocycles. The molecule has 0 aliphatic rings. The molecule has 2 aromatic heterocycles. The zero-order valence-electron chi connectivity index (χ0n) is 9.75. The molecule has 8 heteroatoms. The first kappa shape index (κ1) is 13.9. The van der Waals surface area contributed by atoms with Gasteiger partial charge in [0, 0.05) is 6.54 Å². The summed E-state index contributed by atoms with van der Waals surface area (Å²) in [7, 11) is 0. The molecule has 2 aromatic rings. The zero-order chi connectivity index (χ0) is 14.0. The molecule has 0 aliphatic heterocycles. The van der Waals surface area contributed by atoms with Crippen molar-refractivity contribution in [2.75, 3.05) is 11.9 Å². The van der Waals surface area contributed by atoms with Crippen LogP contribution >= 0.6 is 15.9 Å². The van der Waals surface area contributed by atoms with Gasteiger partial charge in [0.1, 0.15) is 5.69 Å². The summed E-state index contributed by atoms with van der Waals surface area (Å²) in [6.45, 7) is 2.16. The summed E-state index contributed by atoms with van der Waals surface area (Å²) in [5.41, 5.74) is -0.952. The average molecular weight is 336 g/mol. The lowest BCUT2D eigenvalue weighted by molar-refractivity contribution is -0.141. The number of nitrogens with one attached hydrogen (secondary N) is 1. The lowest BCUT2D eigenvalue weighted by Crippen LogP contribution is -2.12. The van der Waals surface area contributed by atoms with Crippen molar-refractivity contribution in [3.8, 4) is 11.5 Å². The molecule has 0 bridgehead atoms. The fraction of sp³-hybridized carbons (Fsp3) is 0.273. The number of anilines is 1. The van der Waals surface area contributed by atoms with Crippen molar-refractivity contribution < 1.29 is 17.6 Å². The smallest absolute Gasteiger partial charge is 0.433 e. The van der Waals surface area contributed by atoms with E-state index in [2.05, 4.69) is 31.2 Å². The highest BCUT2D eigenvalue weighted by molar-refractivity contribution is 9.10. The fourth-order valence-corrected chi connectivity index (χ4v) is 1.83. The zero-order valence-corrected chi connectivity index (χ0v) is 11.3. The van der Waals surface area contributed by atoms with Crippen LogP contribution in [0.5, 0.6) is 0 Å². The van der Waals surface area contributed by atoms with Crippen LogP contribution < -0.4 is 5.32 Å². The van der Waals surface area contributed by atoms with E-state index in [1.165, 1.54) is 6.26 Å². The van der Waals surface area contributed by atoms with Crippen molar-refractivity contribution in [1.29, 1.82) is 0 Å². The Morgan fingerprint density at radius 1 is 1.37 bits per heavy atom. The van der Waals surface area contributed by atoms with E-state index in [0.29, 0.717) is 11.0 Å². The highest BCUT2D eigenvalue weighted by atomic mass is 79.9. The Labute approximate surface area is 115 Å². The van der Waals surface area contributed by atoms with Crippen LogP contribution in [0.15, 0.2) is 27.3 Å². The van der Waals surface area contributed by atoms with E-state index in [1.807, 2.05) is 0 Å². The second-order valence-corrected chi connectivity index (χ2v) is 4.44. The van der Waals surface area contributed by atoms with Gasteiger partial charge >= 0.3 is 6.18 Å². The summed E-state index contributed by atoms with van der Waals surface area (Å²) in [5, 5.41) is 2.66. The largest absolute Gasteiger partial charge is 0.461 e. The average Bonchev–Trinajstić information content (AvgIpc) is 2.74. The van der Waals surface area contributed by atoms with Gasteiger partial charge in [-0.15, -0.1) is 0 Å². The molecule has 0 radical (unpaired) electrons. The minimum Gasteiger partial charge on any atom is -0.461 e. The lowest BCUT2D eigenvalue weighted by Gasteiger charge is -2.10. The first-order chi connectivity index (χ1) is 8.91. The summed E-state index contributed by atoms with van der Waals surface area (Å²) in [6, 6.07) is 2.43. The molecule has 102 valence electrons. The first-order valence-electron chi connectivity index (χ1n) is 5.35. The molecule has 0 spiro atoms. The number of furan rings is 1. The van der Waals surface area contributed by atoms with Gasteiger partial charge in [0.2, 0.25) is 5.95 Å². The minimum atomic E-state index is -4.54. The van der Waals surface area contributed by atoms with Gasteiger partial charge in [-0.3, -0.25) is 0 Å². The summed E-state index contributed by atoms with van der Waals surface area (Å²) < 4.78 is 44.0. The summed E-state index contributed by atoms with van der Waals surface area (Å²) in [5.74, 6) is 0.141. The molecule has 2 rings (SSSR count). The van der Waals surface area contributed by atoms with Crippen LogP contribution in [0.25, 0.3) is 11.5 Å². The van der Waals surface area contributed by atoms with Crippen LogP contribution in [-0.4, -0.2) is 16.5 Å². The maximum absolute atomic E-state index is 12.8. The van der Waals surface area contributed by atoms with Crippen molar-refractivity contribution in [2.24, 2.45) is 0 Å². The standard InChI is InChI=1S/C11H9BrF3N3O/c1-2-16-10-17-7(9-6(12)3-4-19-9)5-8(18-10)11(13,14)15/h3-5H,2H2,1H3,(H,16,17,18). The van der Waals surface area contributed by atoms with Crippen LogP contribution in [0.1, 0.15) is 12.6 Å². The highest BCUT2D eigenvalue weighted by Gasteiger charge is 2.34. The van der Waals surface area contributed by atoms with E-state index in [1.54, 1.807) is 13.0 Å². The topological polar surface area (TPSA) is 51.0 Å². The summed E-state index contributed by atoms with van der Waals surface area (Å²) >= 11 is 3.19. The van der Waals surface area contributed by atoms with Crippen molar-refractivity contribution in [1.82, 2.24) is 9.97 Å². The second kappa shape index (κ2) is 5.20. The Hall–Kier alpha value is -1.57. The van der Waals surface area contributed by atoms with Gasteiger partial charge in [0.15, 0.2) is 11.5 Å².